The summed E-state index contributed by atoms with van der Waals surface area (Å²) < 4.78 is 2.31. The molecule has 2 aromatic rings. The van der Waals surface area contributed by atoms with Crippen LogP contribution in [0.5, 0.6) is 0 Å². The highest BCUT2D eigenvalue weighted by molar-refractivity contribution is 5.23. The standard InChI is InChI=1S/C16H22N2/c1-13(2)17-11-16-8-5-9-18(16)12-15-7-4-6-14(3)10-15/h4-10,13,17H,11-12H2,1-3H3. The van der Waals surface area contributed by atoms with E-state index in [2.05, 4.69) is 73.3 Å². The van der Waals surface area contributed by atoms with Crippen LogP contribution in [0.25, 0.3) is 0 Å². The molecule has 0 saturated heterocycles. The Bertz CT molecular complexity index is 497. The van der Waals surface area contributed by atoms with Crippen LogP contribution in [0.2, 0.25) is 0 Å². The van der Waals surface area contributed by atoms with Gasteiger partial charge in [-0.05, 0) is 24.6 Å². The van der Waals surface area contributed by atoms with E-state index < -0.39 is 0 Å². The lowest BCUT2D eigenvalue weighted by Crippen LogP contribution is -2.23. The molecule has 0 bridgehead atoms. The summed E-state index contributed by atoms with van der Waals surface area (Å²) in [5.41, 5.74) is 4.02. The molecule has 0 amide bonds. The lowest BCUT2D eigenvalue weighted by Gasteiger charge is -2.12. The summed E-state index contributed by atoms with van der Waals surface area (Å²) >= 11 is 0. The van der Waals surface area contributed by atoms with Gasteiger partial charge in [-0.2, -0.15) is 0 Å². The van der Waals surface area contributed by atoms with E-state index in [0.717, 1.165) is 13.1 Å². The van der Waals surface area contributed by atoms with Crippen molar-refractivity contribution in [2.75, 3.05) is 0 Å². The second-order valence-electron chi connectivity index (χ2n) is 5.15. The van der Waals surface area contributed by atoms with Crippen LogP contribution in [0, 0.1) is 6.92 Å². The summed E-state index contributed by atoms with van der Waals surface area (Å²) in [6, 6.07) is 13.5. The lowest BCUT2D eigenvalue weighted by atomic mass is 10.1. The van der Waals surface area contributed by atoms with Crippen LogP contribution in [-0.4, -0.2) is 10.6 Å². The van der Waals surface area contributed by atoms with Crippen molar-refractivity contribution in [2.24, 2.45) is 0 Å². The Morgan fingerprint density at radius 2 is 2.00 bits per heavy atom. The maximum atomic E-state index is 3.46. The number of benzene rings is 1. The molecular weight excluding hydrogens is 220 g/mol. The van der Waals surface area contributed by atoms with Crippen LogP contribution in [0.4, 0.5) is 0 Å². The fraction of sp³-hybridized carbons (Fsp3) is 0.375. The highest BCUT2D eigenvalue weighted by Gasteiger charge is 2.02. The van der Waals surface area contributed by atoms with E-state index in [1.807, 2.05) is 0 Å². The largest absolute Gasteiger partial charge is 0.346 e. The number of nitrogens with zero attached hydrogens (tertiary/aromatic N) is 1. The molecular formula is C16H22N2. The molecule has 0 fully saturated rings. The molecule has 0 aliphatic heterocycles. The van der Waals surface area contributed by atoms with E-state index in [1.54, 1.807) is 0 Å². The van der Waals surface area contributed by atoms with Gasteiger partial charge < -0.3 is 9.88 Å². The van der Waals surface area contributed by atoms with Gasteiger partial charge in [0, 0.05) is 31.0 Å². The molecule has 1 N–H and O–H groups in total. The first-order chi connectivity index (χ1) is 8.65. The number of aromatic nitrogens is 1. The monoisotopic (exact) mass is 242 g/mol. The maximum Gasteiger partial charge on any atom is 0.0473 e. The number of hydrogen-bond acceptors (Lipinski definition) is 1. The van der Waals surface area contributed by atoms with Crippen molar-refractivity contribution in [3.63, 3.8) is 0 Å². The second-order valence-corrected chi connectivity index (χ2v) is 5.15. The zero-order chi connectivity index (χ0) is 13.0. The van der Waals surface area contributed by atoms with Gasteiger partial charge >= 0.3 is 0 Å². The molecule has 2 nitrogen and oxygen atoms in total. The van der Waals surface area contributed by atoms with Crippen LogP contribution >= 0.6 is 0 Å². The third-order valence-electron chi connectivity index (χ3n) is 3.05. The fourth-order valence-corrected chi connectivity index (χ4v) is 2.08. The molecule has 1 heterocycles. The van der Waals surface area contributed by atoms with Crippen molar-refractivity contribution in [1.82, 2.24) is 9.88 Å². The number of aryl methyl sites for hydroxylation is 1. The average molecular weight is 242 g/mol. The molecule has 0 radical (unpaired) electrons. The predicted octanol–water partition coefficient (Wildman–Crippen LogP) is 3.34. The van der Waals surface area contributed by atoms with Crippen molar-refractivity contribution in [3.8, 4) is 0 Å². The molecule has 0 atom stereocenters. The van der Waals surface area contributed by atoms with E-state index in [9.17, 15) is 0 Å². The molecule has 0 saturated carbocycles. The summed E-state index contributed by atoms with van der Waals surface area (Å²) in [5, 5.41) is 3.46. The van der Waals surface area contributed by atoms with Crippen molar-refractivity contribution in [1.29, 1.82) is 0 Å². The molecule has 0 aliphatic rings. The van der Waals surface area contributed by atoms with Crippen molar-refractivity contribution >= 4 is 0 Å². The molecule has 18 heavy (non-hydrogen) atoms. The molecule has 1 aromatic carbocycles. The Hall–Kier alpha value is -1.54. The maximum absolute atomic E-state index is 3.46. The summed E-state index contributed by atoms with van der Waals surface area (Å²) in [6.45, 7) is 8.36. The van der Waals surface area contributed by atoms with Gasteiger partial charge in [0.25, 0.3) is 0 Å². The molecule has 2 rings (SSSR count). The summed E-state index contributed by atoms with van der Waals surface area (Å²) in [5.74, 6) is 0. The highest BCUT2D eigenvalue weighted by atomic mass is 15.0. The van der Waals surface area contributed by atoms with Gasteiger partial charge in [0.05, 0.1) is 0 Å². The van der Waals surface area contributed by atoms with Gasteiger partial charge in [-0.15, -0.1) is 0 Å². The van der Waals surface area contributed by atoms with E-state index in [4.69, 9.17) is 0 Å². The van der Waals surface area contributed by atoms with Gasteiger partial charge in [0.1, 0.15) is 0 Å². The van der Waals surface area contributed by atoms with Gasteiger partial charge in [-0.25, -0.2) is 0 Å². The van der Waals surface area contributed by atoms with Crippen LogP contribution < -0.4 is 5.32 Å². The fourth-order valence-electron chi connectivity index (χ4n) is 2.08. The number of hydrogen-bond donors (Lipinski definition) is 1. The van der Waals surface area contributed by atoms with Gasteiger partial charge in [0.15, 0.2) is 0 Å². The SMILES string of the molecule is Cc1cccc(Cn2cccc2CNC(C)C)c1. The summed E-state index contributed by atoms with van der Waals surface area (Å²) in [6.07, 6.45) is 2.15. The Morgan fingerprint density at radius 3 is 2.72 bits per heavy atom. The van der Waals surface area contributed by atoms with Gasteiger partial charge in [-0.3, -0.25) is 0 Å². The molecule has 0 aliphatic carbocycles. The van der Waals surface area contributed by atoms with Crippen LogP contribution in [0.15, 0.2) is 42.6 Å². The molecule has 0 spiro atoms. The highest BCUT2D eigenvalue weighted by Crippen LogP contribution is 2.10. The minimum absolute atomic E-state index is 0.521. The second kappa shape index (κ2) is 5.87. The van der Waals surface area contributed by atoms with Gasteiger partial charge in [0.2, 0.25) is 0 Å². The Kier molecular flexibility index (Phi) is 4.21. The van der Waals surface area contributed by atoms with Crippen molar-refractivity contribution < 1.29 is 0 Å². The minimum Gasteiger partial charge on any atom is -0.346 e. The Balaban J connectivity index is 2.07. The topological polar surface area (TPSA) is 17.0 Å². The van der Waals surface area contributed by atoms with E-state index >= 15 is 0 Å². The molecule has 96 valence electrons. The zero-order valence-corrected chi connectivity index (χ0v) is 11.5. The number of nitrogens with one attached hydrogen (secondary N) is 1. The van der Waals surface area contributed by atoms with Gasteiger partial charge in [-0.1, -0.05) is 43.7 Å². The predicted molar refractivity (Wildman–Crippen MR) is 76.7 cm³/mol. The summed E-state index contributed by atoms with van der Waals surface area (Å²) in [4.78, 5) is 0. The van der Waals surface area contributed by atoms with E-state index in [-0.39, 0.29) is 0 Å². The number of rotatable bonds is 5. The lowest BCUT2D eigenvalue weighted by molar-refractivity contribution is 0.564. The molecule has 0 unspecified atom stereocenters. The first kappa shape index (κ1) is 12.9. The van der Waals surface area contributed by atoms with E-state index in [1.165, 1.54) is 16.8 Å². The quantitative estimate of drug-likeness (QED) is 0.851. The Labute approximate surface area is 110 Å². The smallest absolute Gasteiger partial charge is 0.0473 e. The Morgan fingerprint density at radius 1 is 1.17 bits per heavy atom. The first-order valence-corrected chi connectivity index (χ1v) is 6.58. The minimum atomic E-state index is 0.521. The van der Waals surface area contributed by atoms with Crippen molar-refractivity contribution in [3.05, 3.63) is 59.4 Å². The van der Waals surface area contributed by atoms with E-state index in [0.29, 0.717) is 6.04 Å². The van der Waals surface area contributed by atoms with Crippen LogP contribution in [-0.2, 0) is 13.1 Å². The molecule has 2 heteroatoms. The average Bonchev–Trinajstić information content (AvgIpc) is 2.74. The third-order valence-corrected chi connectivity index (χ3v) is 3.05. The first-order valence-electron chi connectivity index (χ1n) is 6.58. The third kappa shape index (κ3) is 3.47. The van der Waals surface area contributed by atoms with Crippen LogP contribution in [0.1, 0.15) is 30.7 Å². The van der Waals surface area contributed by atoms with Crippen molar-refractivity contribution in [2.45, 2.75) is 39.9 Å². The zero-order valence-electron chi connectivity index (χ0n) is 11.5. The van der Waals surface area contributed by atoms with Crippen LogP contribution in [0.3, 0.4) is 0 Å². The normalized spacial score (nSPS) is 11.1. The summed E-state index contributed by atoms with van der Waals surface area (Å²) in [7, 11) is 0. The molecule has 1 aromatic heterocycles.